The van der Waals surface area contributed by atoms with Crippen LogP contribution in [0.25, 0.3) is 0 Å². The lowest BCUT2D eigenvalue weighted by Gasteiger charge is -2.42. The minimum Gasteiger partial charge on any atom is -0.508 e. The minimum absolute atomic E-state index is 0.0463. The maximum atomic E-state index is 13.9. The highest BCUT2D eigenvalue weighted by Gasteiger charge is 2.56. The van der Waals surface area contributed by atoms with E-state index in [1.165, 1.54) is 24.3 Å². The van der Waals surface area contributed by atoms with E-state index in [2.05, 4.69) is 0 Å². The number of benzene rings is 2. The van der Waals surface area contributed by atoms with Gasteiger partial charge in [0.15, 0.2) is 11.6 Å². The van der Waals surface area contributed by atoms with E-state index in [1.807, 2.05) is 6.08 Å². The second-order valence-electron chi connectivity index (χ2n) is 10.5. The molecular formula is C30H22ClNO8. The third-order valence-electron chi connectivity index (χ3n) is 8.33. The molecule has 3 N–H and O–H groups in total. The number of anilines is 1. The highest BCUT2D eigenvalue weighted by molar-refractivity contribution is 6.32. The maximum Gasteiger partial charge on any atom is 0.339 e. The van der Waals surface area contributed by atoms with Gasteiger partial charge >= 0.3 is 5.97 Å². The predicted octanol–water partition coefficient (Wildman–Crippen LogP) is 4.08. The maximum absolute atomic E-state index is 13.9. The van der Waals surface area contributed by atoms with Crippen LogP contribution in [-0.2, 0) is 19.2 Å². The van der Waals surface area contributed by atoms with Gasteiger partial charge in [-0.15, -0.1) is 0 Å². The van der Waals surface area contributed by atoms with Gasteiger partial charge in [-0.2, -0.15) is 0 Å². The molecule has 0 spiro atoms. The molecule has 1 heterocycles. The van der Waals surface area contributed by atoms with E-state index in [9.17, 15) is 39.3 Å². The van der Waals surface area contributed by atoms with Gasteiger partial charge in [0.05, 0.1) is 17.5 Å². The number of allylic oxidation sites excluding steroid dienone is 6. The number of carboxylic acids is 1. The third kappa shape index (κ3) is 3.65. The molecule has 40 heavy (non-hydrogen) atoms. The zero-order valence-electron chi connectivity index (χ0n) is 21.1. The average Bonchev–Trinajstić information content (AvgIpc) is 3.15. The van der Waals surface area contributed by atoms with Crippen molar-refractivity contribution in [2.75, 3.05) is 4.90 Å². The Morgan fingerprint density at radius 3 is 2.42 bits per heavy atom. The van der Waals surface area contributed by atoms with Crippen molar-refractivity contribution in [3.05, 3.63) is 87.0 Å². The molecule has 4 aliphatic rings. The number of hydrogen-bond donors (Lipinski definition) is 3. The van der Waals surface area contributed by atoms with Crippen LogP contribution in [0.4, 0.5) is 5.69 Å². The number of rotatable bonds is 3. The zero-order valence-corrected chi connectivity index (χ0v) is 21.8. The molecular weight excluding hydrogens is 538 g/mol. The summed E-state index contributed by atoms with van der Waals surface area (Å²) in [6, 6.07) is 7.87. The highest BCUT2D eigenvalue weighted by Crippen LogP contribution is 2.56. The monoisotopic (exact) mass is 559 g/mol. The van der Waals surface area contributed by atoms with E-state index in [0.29, 0.717) is 11.1 Å². The van der Waals surface area contributed by atoms with Crippen LogP contribution in [0.15, 0.2) is 70.8 Å². The van der Waals surface area contributed by atoms with Crippen LogP contribution in [0.2, 0.25) is 5.02 Å². The second-order valence-corrected chi connectivity index (χ2v) is 10.9. The van der Waals surface area contributed by atoms with Crippen molar-refractivity contribution in [3.63, 3.8) is 0 Å². The molecule has 1 fully saturated rings. The molecule has 2 aromatic rings. The van der Waals surface area contributed by atoms with Crippen molar-refractivity contribution < 1.29 is 39.3 Å². The Kier molecular flexibility index (Phi) is 5.81. The van der Waals surface area contributed by atoms with Crippen molar-refractivity contribution in [2.45, 2.75) is 25.7 Å². The molecule has 0 radical (unpaired) electrons. The van der Waals surface area contributed by atoms with Gasteiger partial charge in [0, 0.05) is 33.7 Å². The Labute approximate surface area is 232 Å². The number of carboxylic acid groups (broad SMARTS) is 1. The Bertz CT molecular complexity index is 1680. The first kappa shape index (κ1) is 25.8. The number of fused-ring (bicyclic) bond motifs is 3. The first-order valence-electron chi connectivity index (χ1n) is 12.6. The van der Waals surface area contributed by atoms with Crippen LogP contribution >= 0.6 is 11.6 Å². The van der Waals surface area contributed by atoms with E-state index in [-0.39, 0.29) is 63.2 Å². The van der Waals surface area contributed by atoms with E-state index < -0.39 is 47.2 Å². The fourth-order valence-corrected chi connectivity index (χ4v) is 6.87. The number of amides is 2. The van der Waals surface area contributed by atoms with Crippen LogP contribution in [0.1, 0.15) is 41.6 Å². The molecule has 0 bridgehead atoms. The van der Waals surface area contributed by atoms with Gasteiger partial charge in [0.25, 0.3) is 0 Å². The number of ketones is 2. The number of hydrogen-bond acceptors (Lipinski definition) is 7. The number of aromatic carboxylic acids is 1. The zero-order chi connectivity index (χ0) is 28.6. The van der Waals surface area contributed by atoms with Gasteiger partial charge in [0.1, 0.15) is 17.1 Å². The molecule has 0 aromatic heterocycles. The third-order valence-corrected chi connectivity index (χ3v) is 8.65. The highest BCUT2D eigenvalue weighted by atomic mass is 35.5. The van der Waals surface area contributed by atoms with Crippen LogP contribution in [0.3, 0.4) is 0 Å². The van der Waals surface area contributed by atoms with E-state index >= 15 is 0 Å². The molecule has 6 rings (SSSR count). The first-order valence-corrected chi connectivity index (χ1v) is 13.0. The molecule has 2 aromatic carbocycles. The number of halogens is 1. The minimum atomic E-state index is -1.35. The van der Waals surface area contributed by atoms with Crippen molar-refractivity contribution in [3.8, 4) is 11.5 Å². The largest absolute Gasteiger partial charge is 0.508 e. The van der Waals surface area contributed by atoms with Crippen molar-refractivity contribution in [2.24, 2.45) is 17.8 Å². The topological polar surface area (TPSA) is 149 Å². The molecule has 9 nitrogen and oxygen atoms in total. The lowest BCUT2D eigenvalue weighted by Crippen LogP contribution is -2.39. The number of imide groups is 1. The van der Waals surface area contributed by atoms with Crippen molar-refractivity contribution in [1.82, 2.24) is 0 Å². The Morgan fingerprint density at radius 1 is 1.00 bits per heavy atom. The molecule has 3 aliphatic carbocycles. The molecule has 0 unspecified atom stereocenters. The summed E-state index contributed by atoms with van der Waals surface area (Å²) in [5.74, 6) is -6.60. The van der Waals surface area contributed by atoms with Gasteiger partial charge in [0.2, 0.25) is 11.8 Å². The Morgan fingerprint density at radius 2 is 1.75 bits per heavy atom. The van der Waals surface area contributed by atoms with Gasteiger partial charge in [-0.3, -0.25) is 19.2 Å². The molecule has 202 valence electrons. The number of carbonyl (C=O) groups excluding carboxylic acids is 4. The first-order chi connectivity index (χ1) is 19.0. The van der Waals surface area contributed by atoms with Gasteiger partial charge in [-0.1, -0.05) is 29.3 Å². The lowest BCUT2D eigenvalue weighted by atomic mass is 9.59. The SMILES string of the molecule is CC1=CC(=O)C2=C(C[C@@H]3C(=CC[C@@H]4C(=O)N(c5ccc(C(=O)O)c(O)c5)C(=O)[C@@H]43)[C@@H]2c2ccc(O)cc2Cl)C1=O. The Hall–Kier alpha value is -4.50. The number of phenols is 2. The fraction of sp³-hybridized carbons (Fsp3) is 0.233. The fourth-order valence-electron chi connectivity index (χ4n) is 6.58. The summed E-state index contributed by atoms with van der Waals surface area (Å²) < 4.78 is 0. The van der Waals surface area contributed by atoms with Gasteiger partial charge in [-0.05, 0) is 61.6 Å². The van der Waals surface area contributed by atoms with E-state index in [4.69, 9.17) is 11.6 Å². The number of aromatic hydroxyl groups is 2. The second kappa shape index (κ2) is 9.02. The molecule has 4 atom stereocenters. The summed E-state index contributed by atoms with van der Waals surface area (Å²) >= 11 is 6.54. The summed E-state index contributed by atoms with van der Waals surface area (Å²) in [5.41, 5.74) is 1.73. The summed E-state index contributed by atoms with van der Waals surface area (Å²) in [7, 11) is 0. The summed E-state index contributed by atoms with van der Waals surface area (Å²) in [4.78, 5) is 66.4. The quantitative estimate of drug-likeness (QED) is 0.289. The smallest absolute Gasteiger partial charge is 0.339 e. The van der Waals surface area contributed by atoms with Crippen LogP contribution in [-0.4, -0.2) is 44.7 Å². The van der Waals surface area contributed by atoms with Crippen LogP contribution in [0.5, 0.6) is 11.5 Å². The molecule has 1 saturated heterocycles. The van der Waals surface area contributed by atoms with Crippen molar-refractivity contribution >= 4 is 46.6 Å². The summed E-state index contributed by atoms with van der Waals surface area (Å²) in [5, 5.41) is 29.6. The van der Waals surface area contributed by atoms with Gasteiger partial charge in [-0.25, -0.2) is 9.69 Å². The predicted molar refractivity (Wildman–Crippen MR) is 142 cm³/mol. The Balaban J connectivity index is 1.47. The van der Waals surface area contributed by atoms with Crippen LogP contribution < -0.4 is 4.90 Å². The summed E-state index contributed by atoms with van der Waals surface area (Å²) in [6.07, 6.45) is 3.42. The van der Waals surface area contributed by atoms with E-state index in [1.54, 1.807) is 13.0 Å². The van der Waals surface area contributed by atoms with Gasteiger partial charge < -0.3 is 15.3 Å². The number of phenolic OH excluding ortho intramolecular Hbond substituents is 1. The van der Waals surface area contributed by atoms with Crippen molar-refractivity contribution in [1.29, 1.82) is 0 Å². The van der Waals surface area contributed by atoms with E-state index in [0.717, 1.165) is 17.0 Å². The molecule has 0 saturated carbocycles. The molecule has 1 aliphatic heterocycles. The number of carbonyl (C=O) groups is 5. The average molecular weight is 560 g/mol. The lowest BCUT2D eigenvalue weighted by molar-refractivity contribution is -0.123. The molecule has 10 heteroatoms. The number of Topliss-reactive ketones (excluding diaryl/α,β-unsaturated/α-hetero) is 1. The number of nitrogens with zero attached hydrogens (tertiary/aromatic N) is 1. The standard InChI is InChI=1S/C30H22ClNO8/c1-12-8-23(35)26-20(27(12)36)11-19-15(24(26)16-5-3-14(33)10-21(16)31)6-7-18-25(19)29(38)32(28(18)37)13-2-4-17(30(39)40)22(34)9-13/h2-6,8-10,18-19,24-25,33-34H,7,11H2,1H3,(H,39,40)/t18-,19+,24+,25-/m0/s1. The normalized spacial score (nSPS) is 25.8. The van der Waals surface area contributed by atoms with Crippen LogP contribution in [0, 0.1) is 17.8 Å². The summed E-state index contributed by atoms with van der Waals surface area (Å²) in [6.45, 7) is 1.56. The molecule has 2 amide bonds.